The molecule has 0 N–H and O–H groups in total. The van der Waals surface area contributed by atoms with Crippen LogP contribution >= 0.6 is 0 Å². The molecular formula is C12H13NO5S. The quantitative estimate of drug-likeness (QED) is 0.803. The summed E-state index contributed by atoms with van der Waals surface area (Å²) < 4.78 is 33.4. The normalized spacial score (nSPS) is 28.1. The van der Waals surface area contributed by atoms with E-state index in [-0.39, 0.29) is 11.5 Å². The number of carbonyl (C=O) groups excluding carboxylic acids is 1. The lowest BCUT2D eigenvalue weighted by molar-refractivity contribution is 0.147. The van der Waals surface area contributed by atoms with Crippen molar-refractivity contribution in [3.63, 3.8) is 0 Å². The average molecular weight is 283 g/mol. The third-order valence-corrected chi connectivity index (χ3v) is 5.07. The van der Waals surface area contributed by atoms with Crippen LogP contribution < -0.4 is 9.64 Å². The first kappa shape index (κ1) is 12.3. The third-order valence-electron chi connectivity index (χ3n) is 3.38. The van der Waals surface area contributed by atoms with Crippen LogP contribution in [0.2, 0.25) is 0 Å². The zero-order valence-electron chi connectivity index (χ0n) is 10.3. The van der Waals surface area contributed by atoms with E-state index >= 15 is 0 Å². The summed E-state index contributed by atoms with van der Waals surface area (Å²) in [6.07, 6.45) is -1.07. The second-order valence-electron chi connectivity index (χ2n) is 4.64. The van der Waals surface area contributed by atoms with Crippen molar-refractivity contribution >= 4 is 21.6 Å². The number of fused-ring (bicyclic) bond motifs is 1. The van der Waals surface area contributed by atoms with Gasteiger partial charge < -0.3 is 9.47 Å². The van der Waals surface area contributed by atoms with Gasteiger partial charge in [0, 0.05) is 6.07 Å². The van der Waals surface area contributed by atoms with Gasteiger partial charge in [0.05, 0.1) is 30.3 Å². The number of hydrogen-bond acceptors (Lipinski definition) is 5. The molecule has 19 heavy (non-hydrogen) atoms. The summed E-state index contributed by atoms with van der Waals surface area (Å²) in [5.74, 6) is 0.458. The van der Waals surface area contributed by atoms with E-state index in [0.29, 0.717) is 11.4 Å². The Hall–Kier alpha value is -1.76. The van der Waals surface area contributed by atoms with Gasteiger partial charge in [-0.25, -0.2) is 13.2 Å². The molecule has 2 saturated heterocycles. The molecule has 0 aromatic heterocycles. The fourth-order valence-electron chi connectivity index (χ4n) is 2.53. The van der Waals surface area contributed by atoms with Crippen LogP contribution in [0, 0.1) is 0 Å². The van der Waals surface area contributed by atoms with Gasteiger partial charge in [-0.2, -0.15) is 0 Å². The average Bonchev–Trinajstić information content (AvgIpc) is 2.79. The van der Waals surface area contributed by atoms with E-state index < -0.39 is 28.1 Å². The van der Waals surface area contributed by atoms with Crippen LogP contribution in [0.25, 0.3) is 0 Å². The molecule has 6 nitrogen and oxygen atoms in total. The second kappa shape index (κ2) is 4.12. The van der Waals surface area contributed by atoms with Crippen LogP contribution in [-0.4, -0.2) is 45.3 Å². The molecule has 3 rings (SSSR count). The largest absolute Gasteiger partial charge is 0.497 e. The maximum Gasteiger partial charge on any atom is 0.415 e. The first-order valence-corrected chi connectivity index (χ1v) is 7.66. The SMILES string of the molecule is COc1cccc(N2C(=O)OC3CS(=O)(=O)CC32)c1. The van der Waals surface area contributed by atoms with Gasteiger partial charge in [-0.3, -0.25) is 4.90 Å². The summed E-state index contributed by atoms with van der Waals surface area (Å²) in [5.41, 5.74) is 0.592. The Morgan fingerprint density at radius 1 is 1.37 bits per heavy atom. The number of sulfone groups is 1. The number of nitrogens with zero attached hydrogens (tertiary/aromatic N) is 1. The van der Waals surface area contributed by atoms with E-state index in [0.717, 1.165) is 0 Å². The highest BCUT2D eigenvalue weighted by molar-refractivity contribution is 7.91. The Balaban J connectivity index is 1.97. The fourth-order valence-corrected chi connectivity index (χ4v) is 4.34. The molecule has 1 aromatic rings. The molecule has 0 spiro atoms. The van der Waals surface area contributed by atoms with Gasteiger partial charge in [-0.05, 0) is 12.1 Å². The Labute approximate surface area is 110 Å². The van der Waals surface area contributed by atoms with Crippen LogP contribution in [0.1, 0.15) is 0 Å². The number of methoxy groups -OCH3 is 1. The molecule has 2 aliphatic rings. The standard InChI is InChI=1S/C12H13NO5S/c1-17-9-4-2-3-8(5-9)13-10-6-19(15,16)7-11(10)18-12(13)14/h2-5,10-11H,6-7H2,1H3. The summed E-state index contributed by atoms with van der Waals surface area (Å²) in [5, 5.41) is 0. The molecule has 2 atom stereocenters. The molecule has 2 fully saturated rings. The minimum Gasteiger partial charge on any atom is -0.497 e. The topological polar surface area (TPSA) is 72.9 Å². The van der Waals surface area contributed by atoms with Gasteiger partial charge >= 0.3 is 6.09 Å². The van der Waals surface area contributed by atoms with Gasteiger partial charge in [0.1, 0.15) is 11.9 Å². The Morgan fingerprint density at radius 2 is 2.16 bits per heavy atom. The highest BCUT2D eigenvalue weighted by atomic mass is 32.2. The van der Waals surface area contributed by atoms with Crippen LogP contribution in [-0.2, 0) is 14.6 Å². The highest BCUT2D eigenvalue weighted by Crippen LogP contribution is 2.34. The first-order valence-electron chi connectivity index (χ1n) is 5.84. The number of amides is 1. The molecule has 2 heterocycles. The predicted octanol–water partition coefficient (Wildman–Crippen LogP) is 0.817. The van der Waals surface area contributed by atoms with E-state index in [4.69, 9.17) is 9.47 Å². The van der Waals surface area contributed by atoms with E-state index in [1.54, 1.807) is 24.3 Å². The lowest BCUT2D eigenvalue weighted by Crippen LogP contribution is -2.36. The van der Waals surface area contributed by atoms with Gasteiger partial charge in [0.2, 0.25) is 0 Å². The van der Waals surface area contributed by atoms with Crippen LogP contribution in [0.5, 0.6) is 5.75 Å². The summed E-state index contributed by atoms with van der Waals surface area (Å²) in [4.78, 5) is 13.3. The van der Waals surface area contributed by atoms with Crippen LogP contribution in [0.4, 0.5) is 10.5 Å². The number of benzene rings is 1. The Bertz CT molecular complexity index is 627. The summed E-state index contributed by atoms with van der Waals surface area (Å²) in [6, 6.07) is 6.49. The molecule has 0 radical (unpaired) electrons. The lowest BCUT2D eigenvalue weighted by atomic mass is 10.2. The number of rotatable bonds is 2. The first-order chi connectivity index (χ1) is 9.00. The molecule has 2 unspecified atom stereocenters. The number of anilines is 1. The number of ether oxygens (including phenoxy) is 2. The molecule has 7 heteroatoms. The Morgan fingerprint density at radius 3 is 2.89 bits per heavy atom. The molecule has 0 bridgehead atoms. The maximum atomic E-state index is 11.9. The van der Waals surface area contributed by atoms with Crippen molar-refractivity contribution in [2.24, 2.45) is 0 Å². The molecule has 2 aliphatic heterocycles. The van der Waals surface area contributed by atoms with Crippen LogP contribution in [0.3, 0.4) is 0 Å². The summed E-state index contributed by atoms with van der Waals surface area (Å²) in [7, 11) is -1.60. The summed E-state index contributed by atoms with van der Waals surface area (Å²) >= 11 is 0. The van der Waals surface area contributed by atoms with Crippen LogP contribution in [0.15, 0.2) is 24.3 Å². The number of hydrogen-bond donors (Lipinski definition) is 0. The van der Waals surface area contributed by atoms with Crippen molar-refractivity contribution in [2.75, 3.05) is 23.5 Å². The van der Waals surface area contributed by atoms with Gasteiger partial charge in [0.15, 0.2) is 9.84 Å². The monoisotopic (exact) mass is 283 g/mol. The van der Waals surface area contributed by atoms with E-state index in [9.17, 15) is 13.2 Å². The van der Waals surface area contributed by atoms with Crippen molar-refractivity contribution in [3.05, 3.63) is 24.3 Å². The maximum absolute atomic E-state index is 11.9. The summed E-state index contributed by atoms with van der Waals surface area (Å²) in [6.45, 7) is 0. The minimum absolute atomic E-state index is 0.0549. The molecule has 102 valence electrons. The van der Waals surface area contributed by atoms with Crippen molar-refractivity contribution in [1.82, 2.24) is 0 Å². The fraction of sp³-hybridized carbons (Fsp3) is 0.417. The highest BCUT2D eigenvalue weighted by Gasteiger charge is 2.51. The zero-order chi connectivity index (χ0) is 13.6. The molecule has 0 aliphatic carbocycles. The van der Waals surface area contributed by atoms with Crippen molar-refractivity contribution in [1.29, 1.82) is 0 Å². The zero-order valence-corrected chi connectivity index (χ0v) is 11.1. The molecule has 0 saturated carbocycles. The second-order valence-corrected chi connectivity index (χ2v) is 6.79. The van der Waals surface area contributed by atoms with Gasteiger partial charge in [-0.15, -0.1) is 0 Å². The van der Waals surface area contributed by atoms with E-state index in [1.807, 2.05) is 0 Å². The van der Waals surface area contributed by atoms with Gasteiger partial charge in [0.25, 0.3) is 0 Å². The van der Waals surface area contributed by atoms with E-state index in [2.05, 4.69) is 0 Å². The lowest BCUT2D eigenvalue weighted by Gasteiger charge is -2.19. The predicted molar refractivity (Wildman–Crippen MR) is 68.2 cm³/mol. The Kier molecular flexibility index (Phi) is 2.67. The van der Waals surface area contributed by atoms with E-state index in [1.165, 1.54) is 12.0 Å². The molecule has 1 amide bonds. The third kappa shape index (κ3) is 2.03. The number of carbonyl (C=O) groups is 1. The van der Waals surface area contributed by atoms with Crippen molar-refractivity contribution in [3.8, 4) is 5.75 Å². The van der Waals surface area contributed by atoms with Gasteiger partial charge in [-0.1, -0.05) is 6.07 Å². The van der Waals surface area contributed by atoms with Crippen molar-refractivity contribution in [2.45, 2.75) is 12.1 Å². The molecular weight excluding hydrogens is 270 g/mol. The minimum atomic E-state index is -3.14. The van der Waals surface area contributed by atoms with Crippen molar-refractivity contribution < 1.29 is 22.7 Å². The smallest absolute Gasteiger partial charge is 0.415 e. The molecule has 1 aromatic carbocycles.